The molecule has 0 saturated carbocycles. The summed E-state index contributed by atoms with van der Waals surface area (Å²) in [5.74, 6) is -0.169. The Kier molecular flexibility index (Phi) is 4.49. The Labute approximate surface area is 97.7 Å². The van der Waals surface area contributed by atoms with Crippen LogP contribution in [0.3, 0.4) is 0 Å². The van der Waals surface area contributed by atoms with Crippen molar-refractivity contribution >= 4 is 22.4 Å². The van der Waals surface area contributed by atoms with Crippen molar-refractivity contribution in [3.63, 3.8) is 0 Å². The van der Waals surface area contributed by atoms with Gasteiger partial charge in [-0.3, -0.25) is 9.00 Å². The third-order valence-electron chi connectivity index (χ3n) is 2.29. The number of rotatable bonds is 4. The average Bonchev–Trinajstić information content (AvgIpc) is 2.26. The summed E-state index contributed by atoms with van der Waals surface area (Å²) in [7, 11) is -0.922. The molecule has 1 rings (SSSR count). The number of benzene rings is 1. The molecule has 1 aromatic rings. The summed E-state index contributed by atoms with van der Waals surface area (Å²) in [5, 5.41) is 2.68. The minimum Gasteiger partial charge on any atom is -0.399 e. The molecule has 5 heteroatoms. The lowest BCUT2D eigenvalue weighted by Gasteiger charge is -2.09. The maximum absolute atomic E-state index is 11.6. The van der Waals surface area contributed by atoms with Gasteiger partial charge in [0, 0.05) is 40.1 Å². The molecule has 0 aliphatic rings. The quantitative estimate of drug-likeness (QED) is 0.763. The van der Waals surface area contributed by atoms with Crippen molar-refractivity contribution < 1.29 is 9.00 Å². The summed E-state index contributed by atoms with van der Waals surface area (Å²) < 4.78 is 11.1. The lowest BCUT2D eigenvalue weighted by molar-refractivity contribution is 0.0954. The van der Waals surface area contributed by atoms with E-state index in [4.69, 9.17) is 5.73 Å². The zero-order chi connectivity index (χ0) is 12.1. The van der Waals surface area contributed by atoms with E-state index in [9.17, 15) is 9.00 Å². The van der Waals surface area contributed by atoms with Crippen LogP contribution in [0.1, 0.15) is 17.3 Å². The predicted octanol–water partition coefficient (Wildman–Crippen LogP) is 0.766. The largest absolute Gasteiger partial charge is 0.399 e. The van der Waals surface area contributed by atoms with Gasteiger partial charge < -0.3 is 11.1 Å². The molecule has 0 heterocycles. The second-order valence-corrected chi connectivity index (χ2v) is 5.44. The summed E-state index contributed by atoms with van der Waals surface area (Å²) in [6.45, 7) is 2.24. The molecule has 0 aliphatic heterocycles. The van der Waals surface area contributed by atoms with Crippen molar-refractivity contribution in [3.05, 3.63) is 29.8 Å². The monoisotopic (exact) mass is 240 g/mol. The molecule has 0 aliphatic carbocycles. The van der Waals surface area contributed by atoms with Crippen LogP contribution >= 0.6 is 0 Å². The van der Waals surface area contributed by atoms with Crippen LogP contribution < -0.4 is 11.1 Å². The maximum atomic E-state index is 11.6. The number of anilines is 1. The number of nitrogens with one attached hydrogen (secondary N) is 1. The van der Waals surface area contributed by atoms with E-state index >= 15 is 0 Å². The van der Waals surface area contributed by atoms with E-state index in [0.29, 0.717) is 17.8 Å². The first-order chi connectivity index (χ1) is 7.50. The Morgan fingerprint density at radius 2 is 2.00 bits per heavy atom. The van der Waals surface area contributed by atoms with E-state index in [1.54, 1.807) is 30.5 Å². The molecule has 0 fully saturated rings. The lowest BCUT2D eigenvalue weighted by atomic mass is 10.2. The van der Waals surface area contributed by atoms with Crippen molar-refractivity contribution in [1.29, 1.82) is 0 Å². The van der Waals surface area contributed by atoms with E-state index in [-0.39, 0.29) is 11.2 Å². The molecule has 2 unspecified atom stereocenters. The molecule has 1 aromatic carbocycles. The first-order valence-electron chi connectivity index (χ1n) is 4.96. The fourth-order valence-corrected chi connectivity index (χ4v) is 1.41. The van der Waals surface area contributed by atoms with E-state index in [1.165, 1.54) is 0 Å². The van der Waals surface area contributed by atoms with Crippen LogP contribution in [-0.2, 0) is 10.8 Å². The van der Waals surface area contributed by atoms with E-state index in [1.807, 2.05) is 6.92 Å². The lowest BCUT2D eigenvalue weighted by Crippen LogP contribution is -2.32. The number of nitrogens with two attached hydrogens (primary N) is 1. The number of amides is 1. The smallest absolute Gasteiger partial charge is 0.251 e. The predicted molar refractivity (Wildman–Crippen MR) is 66.7 cm³/mol. The fourth-order valence-electron chi connectivity index (χ4n) is 1.09. The van der Waals surface area contributed by atoms with Crippen molar-refractivity contribution in [2.24, 2.45) is 0 Å². The van der Waals surface area contributed by atoms with E-state index < -0.39 is 10.8 Å². The van der Waals surface area contributed by atoms with Gasteiger partial charge in [-0.2, -0.15) is 0 Å². The van der Waals surface area contributed by atoms with Crippen molar-refractivity contribution in [2.75, 3.05) is 18.5 Å². The third kappa shape index (κ3) is 3.66. The molecule has 88 valence electrons. The van der Waals surface area contributed by atoms with Gasteiger partial charge >= 0.3 is 0 Å². The van der Waals surface area contributed by atoms with Gasteiger partial charge in [-0.1, -0.05) is 0 Å². The van der Waals surface area contributed by atoms with Gasteiger partial charge in [-0.25, -0.2) is 0 Å². The molecular weight excluding hydrogens is 224 g/mol. The Balaban J connectivity index is 2.53. The minimum atomic E-state index is -0.922. The number of nitrogen functional groups attached to an aromatic ring is 1. The van der Waals surface area contributed by atoms with Crippen molar-refractivity contribution in [2.45, 2.75) is 12.2 Å². The number of carbonyl (C=O) groups is 1. The SMILES string of the molecule is CC(CNC(=O)c1ccc(N)cc1)S(C)=O. The molecule has 0 radical (unpaired) electrons. The molecule has 0 aromatic heterocycles. The van der Waals surface area contributed by atoms with Crippen LogP contribution in [0.5, 0.6) is 0 Å². The standard InChI is InChI=1S/C11H16N2O2S/c1-8(16(2)15)7-13-11(14)9-3-5-10(12)6-4-9/h3-6,8H,7,12H2,1-2H3,(H,13,14). The normalized spacial score (nSPS) is 14.1. The van der Waals surface area contributed by atoms with Crippen LogP contribution in [-0.4, -0.2) is 28.2 Å². The zero-order valence-corrected chi connectivity index (χ0v) is 10.2. The highest BCUT2D eigenvalue weighted by molar-refractivity contribution is 7.84. The molecule has 2 atom stereocenters. The molecule has 0 saturated heterocycles. The summed E-state index contributed by atoms with van der Waals surface area (Å²) in [6, 6.07) is 6.68. The van der Waals surface area contributed by atoms with Crippen molar-refractivity contribution in [3.8, 4) is 0 Å². The van der Waals surface area contributed by atoms with Crippen LogP contribution in [0.15, 0.2) is 24.3 Å². The maximum Gasteiger partial charge on any atom is 0.251 e. The number of hydrogen-bond acceptors (Lipinski definition) is 3. The van der Waals surface area contributed by atoms with Gasteiger partial charge in [0.2, 0.25) is 0 Å². The Hall–Kier alpha value is -1.36. The van der Waals surface area contributed by atoms with E-state index in [2.05, 4.69) is 5.32 Å². The van der Waals surface area contributed by atoms with Crippen molar-refractivity contribution in [1.82, 2.24) is 5.32 Å². The first kappa shape index (κ1) is 12.7. The van der Waals surface area contributed by atoms with Crippen LogP contribution in [0.25, 0.3) is 0 Å². The van der Waals surface area contributed by atoms with Gasteiger partial charge in [0.05, 0.1) is 0 Å². The minimum absolute atomic E-state index is 0.0438. The number of hydrogen-bond donors (Lipinski definition) is 2. The number of carbonyl (C=O) groups excluding carboxylic acids is 1. The summed E-state index contributed by atoms with van der Waals surface area (Å²) in [4.78, 5) is 11.6. The molecule has 0 spiro atoms. The van der Waals surface area contributed by atoms with Gasteiger partial charge in [0.1, 0.15) is 0 Å². The average molecular weight is 240 g/mol. The Morgan fingerprint density at radius 1 is 1.44 bits per heavy atom. The summed E-state index contributed by atoms with van der Waals surface area (Å²) in [6.07, 6.45) is 1.63. The molecule has 4 nitrogen and oxygen atoms in total. The molecular formula is C11H16N2O2S. The van der Waals surface area contributed by atoms with Crippen LogP contribution in [0, 0.1) is 0 Å². The van der Waals surface area contributed by atoms with E-state index in [0.717, 1.165) is 0 Å². The van der Waals surface area contributed by atoms with Gasteiger partial charge in [0.15, 0.2) is 0 Å². The Bertz CT molecular complexity index is 389. The second-order valence-electron chi connectivity index (χ2n) is 3.64. The van der Waals surface area contributed by atoms with Crippen LogP contribution in [0.2, 0.25) is 0 Å². The molecule has 1 amide bonds. The molecule has 3 N–H and O–H groups in total. The third-order valence-corrected chi connectivity index (χ3v) is 3.59. The molecule has 16 heavy (non-hydrogen) atoms. The summed E-state index contributed by atoms with van der Waals surface area (Å²) >= 11 is 0. The second kappa shape index (κ2) is 5.65. The fraction of sp³-hybridized carbons (Fsp3) is 0.364. The topological polar surface area (TPSA) is 72.2 Å². The highest BCUT2D eigenvalue weighted by atomic mass is 32.2. The first-order valence-corrected chi connectivity index (χ1v) is 6.59. The highest BCUT2D eigenvalue weighted by Crippen LogP contribution is 2.05. The van der Waals surface area contributed by atoms with Gasteiger partial charge in [-0.15, -0.1) is 0 Å². The highest BCUT2D eigenvalue weighted by Gasteiger charge is 2.09. The van der Waals surface area contributed by atoms with Gasteiger partial charge in [-0.05, 0) is 31.2 Å². The van der Waals surface area contributed by atoms with Crippen LogP contribution in [0.4, 0.5) is 5.69 Å². The zero-order valence-electron chi connectivity index (χ0n) is 9.40. The Morgan fingerprint density at radius 3 is 2.50 bits per heavy atom. The summed E-state index contributed by atoms with van der Waals surface area (Å²) in [5.41, 5.74) is 6.70. The van der Waals surface area contributed by atoms with Gasteiger partial charge in [0.25, 0.3) is 5.91 Å². The molecule has 0 bridgehead atoms.